The van der Waals surface area contributed by atoms with Crippen LogP contribution in [0.25, 0.3) is 0 Å². The van der Waals surface area contributed by atoms with Gasteiger partial charge in [0, 0.05) is 52.9 Å². The third kappa shape index (κ3) is 7.66. The molecule has 0 unspecified atom stereocenters. The maximum atomic E-state index is 11.6. The molecule has 144 valence electrons. The number of amides is 1. The molecule has 0 radical (unpaired) electrons. The maximum Gasteiger partial charge on any atom is 0.285 e. The number of benzene rings is 2. The monoisotopic (exact) mass is 659 g/mol. The van der Waals surface area contributed by atoms with E-state index in [4.69, 9.17) is 0 Å². The van der Waals surface area contributed by atoms with Crippen molar-refractivity contribution in [2.45, 2.75) is 9.79 Å². The van der Waals surface area contributed by atoms with Crippen LogP contribution in [0.2, 0.25) is 0 Å². The number of rotatable bonds is 3. The van der Waals surface area contributed by atoms with E-state index in [1.54, 1.807) is 32.3 Å². The van der Waals surface area contributed by atoms with Crippen molar-refractivity contribution in [2.24, 2.45) is 0 Å². The SMILES string of the molecule is CN(C)C(=O)Sc1c(Br)cc(Br)cc1C=O.O=Cc1cc(Br)cc(Br)c1S. The molecule has 0 saturated heterocycles. The van der Waals surface area contributed by atoms with E-state index in [0.29, 0.717) is 20.9 Å². The van der Waals surface area contributed by atoms with Crippen LogP contribution in [0.4, 0.5) is 4.79 Å². The molecule has 10 heteroatoms. The van der Waals surface area contributed by atoms with Gasteiger partial charge in [0.05, 0.1) is 0 Å². The van der Waals surface area contributed by atoms with Crippen molar-refractivity contribution in [1.29, 1.82) is 0 Å². The molecule has 0 spiro atoms. The molecule has 0 bridgehead atoms. The molecule has 0 aliphatic heterocycles. The molecule has 0 saturated carbocycles. The molecule has 0 heterocycles. The Morgan fingerprint density at radius 1 is 0.926 bits per heavy atom. The average Bonchev–Trinajstić information content (AvgIpc) is 2.60. The summed E-state index contributed by atoms with van der Waals surface area (Å²) >= 11 is 18.3. The van der Waals surface area contributed by atoms with Gasteiger partial charge in [0.15, 0.2) is 12.6 Å². The van der Waals surface area contributed by atoms with E-state index in [2.05, 4.69) is 76.3 Å². The summed E-state index contributed by atoms with van der Waals surface area (Å²) in [6.07, 6.45) is 1.51. The van der Waals surface area contributed by atoms with E-state index in [-0.39, 0.29) is 5.24 Å². The van der Waals surface area contributed by atoms with E-state index in [0.717, 1.165) is 42.2 Å². The molecule has 4 nitrogen and oxygen atoms in total. The number of thiol groups is 1. The third-order valence-electron chi connectivity index (χ3n) is 2.90. The van der Waals surface area contributed by atoms with Gasteiger partial charge in [0.2, 0.25) is 0 Å². The third-order valence-corrected chi connectivity index (χ3v) is 7.34. The normalized spacial score (nSPS) is 9.89. The second kappa shape index (κ2) is 11.8. The van der Waals surface area contributed by atoms with Crippen molar-refractivity contribution in [3.63, 3.8) is 0 Å². The lowest BCUT2D eigenvalue weighted by atomic mass is 10.2. The van der Waals surface area contributed by atoms with Crippen LogP contribution < -0.4 is 0 Å². The van der Waals surface area contributed by atoms with Gasteiger partial charge in [-0.2, -0.15) is 0 Å². The summed E-state index contributed by atoms with van der Waals surface area (Å²) in [6.45, 7) is 0. The fourth-order valence-electron chi connectivity index (χ4n) is 1.63. The predicted octanol–water partition coefficient (Wildman–Crippen LogP) is 7.11. The lowest BCUT2D eigenvalue weighted by Gasteiger charge is -2.11. The largest absolute Gasteiger partial charge is 0.339 e. The van der Waals surface area contributed by atoms with Gasteiger partial charge in [-0.15, -0.1) is 12.6 Å². The van der Waals surface area contributed by atoms with Crippen LogP contribution >= 0.6 is 88.1 Å². The zero-order valence-electron chi connectivity index (χ0n) is 14.0. The Hall–Kier alpha value is -0.130. The first-order chi connectivity index (χ1) is 12.6. The number of aldehydes is 2. The number of carbonyl (C=O) groups is 3. The van der Waals surface area contributed by atoms with Gasteiger partial charge in [0.25, 0.3) is 5.24 Å². The number of hydrogen-bond acceptors (Lipinski definition) is 5. The van der Waals surface area contributed by atoms with Crippen LogP contribution in [0.15, 0.2) is 51.9 Å². The summed E-state index contributed by atoms with van der Waals surface area (Å²) in [4.78, 5) is 35.7. The van der Waals surface area contributed by atoms with Crippen LogP contribution in [0, 0.1) is 0 Å². The Morgan fingerprint density at radius 3 is 1.89 bits per heavy atom. The van der Waals surface area contributed by atoms with Gasteiger partial charge in [0.1, 0.15) is 0 Å². The summed E-state index contributed by atoms with van der Waals surface area (Å²) in [6, 6.07) is 7.05. The second-order valence-electron chi connectivity index (χ2n) is 5.13. The Morgan fingerprint density at radius 2 is 1.41 bits per heavy atom. The van der Waals surface area contributed by atoms with Crippen LogP contribution in [-0.2, 0) is 0 Å². The van der Waals surface area contributed by atoms with Crippen molar-refractivity contribution in [3.8, 4) is 0 Å². The lowest BCUT2D eigenvalue weighted by Crippen LogP contribution is -2.16. The molecule has 2 aromatic carbocycles. The predicted molar refractivity (Wildman–Crippen MR) is 127 cm³/mol. The fourth-order valence-corrected chi connectivity index (χ4v) is 5.31. The first-order valence-corrected chi connectivity index (χ1v) is 11.5. The Kier molecular flexibility index (Phi) is 10.9. The van der Waals surface area contributed by atoms with Crippen LogP contribution in [0.3, 0.4) is 0 Å². The minimum Gasteiger partial charge on any atom is -0.339 e. The number of nitrogens with zero attached hydrogens (tertiary/aromatic N) is 1. The minimum absolute atomic E-state index is 0.119. The van der Waals surface area contributed by atoms with Crippen LogP contribution in [0.1, 0.15) is 20.7 Å². The van der Waals surface area contributed by atoms with Gasteiger partial charge < -0.3 is 4.90 Å². The number of hydrogen-bond donors (Lipinski definition) is 1. The van der Waals surface area contributed by atoms with Gasteiger partial charge in [-0.1, -0.05) is 31.9 Å². The Bertz CT molecular complexity index is 876. The molecular weight excluding hydrogens is 650 g/mol. The molecule has 0 aliphatic rings. The molecule has 2 aromatic rings. The summed E-state index contributed by atoms with van der Waals surface area (Å²) in [5.74, 6) is 0. The topological polar surface area (TPSA) is 54.5 Å². The molecule has 0 atom stereocenters. The van der Waals surface area contributed by atoms with Crippen molar-refractivity contribution in [1.82, 2.24) is 4.90 Å². The fraction of sp³-hybridized carbons (Fsp3) is 0.118. The number of halogens is 4. The summed E-state index contributed by atoms with van der Waals surface area (Å²) in [7, 11) is 3.34. The number of carbonyl (C=O) groups excluding carboxylic acids is 3. The van der Waals surface area contributed by atoms with Crippen molar-refractivity contribution < 1.29 is 14.4 Å². The molecule has 1 amide bonds. The molecule has 0 aromatic heterocycles. The van der Waals surface area contributed by atoms with Crippen molar-refractivity contribution in [3.05, 3.63) is 53.3 Å². The first kappa shape index (κ1) is 24.9. The molecule has 27 heavy (non-hydrogen) atoms. The summed E-state index contributed by atoms with van der Waals surface area (Å²) < 4.78 is 3.20. The Balaban J connectivity index is 0.000000289. The molecule has 0 N–H and O–H groups in total. The highest BCUT2D eigenvalue weighted by Gasteiger charge is 2.14. The van der Waals surface area contributed by atoms with E-state index in [1.165, 1.54) is 4.90 Å². The zero-order chi connectivity index (χ0) is 20.7. The van der Waals surface area contributed by atoms with E-state index >= 15 is 0 Å². The molecular formula is C17H13Br4NO3S2. The maximum absolute atomic E-state index is 11.6. The highest BCUT2D eigenvalue weighted by Crippen LogP contribution is 2.34. The smallest absolute Gasteiger partial charge is 0.285 e. The van der Waals surface area contributed by atoms with Crippen molar-refractivity contribution >= 4 is 106 Å². The average molecular weight is 663 g/mol. The summed E-state index contributed by atoms with van der Waals surface area (Å²) in [5.41, 5.74) is 1.07. The van der Waals surface area contributed by atoms with E-state index in [1.807, 2.05) is 6.07 Å². The van der Waals surface area contributed by atoms with Gasteiger partial charge in [-0.25, -0.2) is 0 Å². The zero-order valence-corrected chi connectivity index (χ0v) is 22.1. The summed E-state index contributed by atoms with van der Waals surface area (Å²) in [5, 5.41) is -0.119. The minimum atomic E-state index is -0.119. The Labute approximate surface area is 200 Å². The highest BCUT2D eigenvalue weighted by molar-refractivity contribution is 9.11. The molecule has 2 rings (SSSR count). The first-order valence-electron chi connectivity index (χ1n) is 7.07. The van der Waals surface area contributed by atoms with E-state index in [9.17, 15) is 14.4 Å². The second-order valence-corrected chi connectivity index (χ2v) is 10.1. The van der Waals surface area contributed by atoms with Gasteiger partial charge in [-0.05, 0) is 67.9 Å². The van der Waals surface area contributed by atoms with Crippen molar-refractivity contribution in [2.75, 3.05) is 14.1 Å². The molecule has 0 aliphatic carbocycles. The highest BCUT2D eigenvalue weighted by atomic mass is 79.9. The quantitative estimate of drug-likeness (QED) is 0.216. The molecule has 0 fully saturated rings. The van der Waals surface area contributed by atoms with Gasteiger partial charge in [-0.3, -0.25) is 14.4 Å². The lowest BCUT2D eigenvalue weighted by molar-refractivity contribution is 0.111. The standard InChI is InChI=1S/C10H9Br2NO2S.C7H4Br2OS/c1-13(2)10(15)16-9-6(5-14)3-7(11)4-8(9)12;8-5-1-4(3-10)7(11)6(9)2-5/h3-5H,1-2H3;1-3,11H. The number of thioether (sulfide) groups is 1. The van der Waals surface area contributed by atoms with E-state index < -0.39 is 0 Å². The van der Waals surface area contributed by atoms with Gasteiger partial charge >= 0.3 is 0 Å². The van der Waals surface area contributed by atoms with Crippen LogP contribution in [-0.4, -0.2) is 36.8 Å². The van der Waals surface area contributed by atoms with Crippen LogP contribution in [0.5, 0.6) is 0 Å².